The molecule has 5 nitrogen and oxygen atoms in total. The van der Waals surface area contributed by atoms with Crippen molar-refractivity contribution < 1.29 is 9.90 Å². The van der Waals surface area contributed by atoms with E-state index in [0.29, 0.717) is 38.2 Å². The number of aliphatic imine (C=N–C) groups is 1. The van der Waals surface area contributed by atoms with Gasteiger partial charge in [-0.3, -0.25) is 9.59 Å². The van der Waals surface area contributed by atoms with Gasteiger partial charge in [0.15, 0.2) is 5.78 Å². The van der Waals surface area contributed by atoms with Gasteiger partial charge in [0, 0.05) is 27.4 Å². The largest absolute Gasteiger partial charge is 0.494 e. The number of pyridine rings is 1. The molecule has 0 unspecified atom stereocenters. The molecule has 6 heteroatoms. The lowest BCUT2D eigenvalue weighted by molar-refractivity contribution is 0.103. The van der Waals surface area contributed by atoms with E-state index in [0.717, 1.165) is 42.4 Å². The number of fused-ring (bicyclic) bond motifs is 2. The molecule has 2 aromatic heterocycles. The highest BCUT2D eigenvalue weighted by molar-refractivity contribution is 7.16. The van der Waals surface area contributed by atoms with Gasteiger partial charge < -0.3 is 5.11 Å². The maximum Gasteiger partial charge on any atom is 0.265 e. The van der Waals surface area contributed by atoms with E-state index in [2.05, 4.69) is 0 Å². The van der Waals surface area contributed by atoms with Gasteiger partial charge in [-0.25, -0.2) is 9.56 Å². The molecular weight excluding hydrogens is 504 g/mol. The zero-order valence-electron chi connectivity index (χ0n) is 21.9. The smallest absolute Gasteiger partial charge is 0.265 e. The van der Waals surface area contributed by atoms with Crippen molar-refractivity contribution in [1.82, 2.24) is 4.57 Å². The Morgan fingerprint density at radius 2 is 1.54 bits per heavy atom. The molecular formula is C33H28N2O3S. The van der Waals surface area contributed by atoms with Crippen LogP contribution < -0.4 is 5.56 Å². The first kappa shape index (κ1) is 25.0. The Balaban J connectivity index is 1.53. The Morgan fingerprint density at radius 3 is 2.26 bits per heavy atom. The quantitative estimate of drug-likeness (QED) is 0.192. The summed E-state index contributed by atoms with van der Waals surface area (Å²) in [4.78, 5) is 33.2. The average molecular weight is 533 g/mol. The van der Waals surface area contributed by atoms with E-state index in [1.54, 1.807) is 23.6 Å². The van der Waals surface area contributed by atoms with Crippen LogP contribution in [0.15, 0.2) is 82.6 Å². The standard InChI is InChI=1S/C33H28N2O3S/c1-20-11-15-22(16-12-20)30(36)29-26-9-5-6-10-28(26)39-31(29)34-19-27-24-7-3-4-8-25(24)32(37)35(33(27)38)23-17-13-21(2)14-18-23/h3-4,7-8,11-19,38H,5-6,9-10H2,1-2H3/b34-19+. The van der Waals surface area contributed by atoms with Crippen molar-refractivity contribution in [3.63, 3.8) is 0 Å². The first-order chi connectivity index (χ1) is 18.9. The van der Waals surface area contributed by atoms with E-state index in [1.807, 2.05) is 80.6 Å². The Labute approximate surface area is 230 Å². The van der Waals surface area contributed by atoms with Crippen LogP contribution in [0.5, 0.6) is 5.88 Å². The maximum atomic E-state index is 13.8. The predicted molar refractivity (Wildman–Crippen MR) is 159 cm³/mol. The van der Waals surface area contributed by atoms with Gasteiger partial charge in [-0.1, -0.05) is 65.7 Å². The van der Waals surface area contributed by atoms with Gasteiger partial charge in [0.05, 0.1) is 16.8 Å². The lowest BCUT2D eigenvalue weighted by atomic mass is 9.92. The number of carbonyl (C=O) groups is 1. The fourth-order valence-electron chi connectivity index (χ4n) is 5.27. The summed E-state index contributed by atoms with van der Waals surface area (Å²) in [6, 6.07) is 22.3. The minimum absolute atomic E-state index is 0.0275. The highest BCUT2D eigenvalue weighted by Crippen LogP contribution is 2.41. The number of hydrogen-bond acceptors (Lipinski definition) is 5. The molecule has 1 N–H and O–H groups in total. The Morgan fingerprint density at radius 1 is 0.897 bits per heavy atom. The lowest BCUT2D eigenvalue weighted by Crippen LogP contribution is -2.20. The topological polar surface area (TPSA) is 71.7 Å². The molecule has 0 saturated carbocycles. The van der Waals surface area contributed by atoms with Crippen LogP contribution in [0.4, 0.5) is 5.00 Å². The summed E-state index contributed by atoms with van der Waals surface area (Å²) in [5, 5.41) is 13.2. The van der Waals surface area contributed by atoms with E-state index < -0.39 is 0 Å². The summed E-state index contributed by atoms with van der Waals surface area (Å²) in [6.07, 6.45) is 5.55. The van der Waals surface area contributed by atoms with E-state index in [9.17, 15) is 14.7 Å². The third-order valence-electron chi connectivity index (χ3n) is 7.40. The summed E-state index contributed by atoms with van der Waals surface area (Å²) < 4.78 is 1.32. The molecule has 0 saturated heterocycles. The molecule has 0 fully saturated rings. The van der Waals surface area contributed by atoms with E-state index in [4.69, 9.17) is 4.99 Å². The highest BCUT2D eigenvalue weighted by atomic mass is 32.1. The van der Waals surface area contributed by atoms with Crippen molar-refractivity contribution in [2.45, 2.75) is 39.5 Å². The Bertz CT molecular complexity index is 1810. The first-order valence-corrected chi connectivity index (χ1v) is 14.0. The number of aromatic hydroxyl groups is 1. The van der Waals surface area contributed by atoms with Crippen molar-refractivity contribution in [3.05, 3.63) is 121 Å². The predicted octanol–water partition coefficient (Wildman–Crippen LogP) is 7.24. The van der Waals surface area contributed by atoms with Gasteiger partial charge >= 0.3 is 0 Å². The third kappa shape index (κ3) is 4.51. The van der Waals surface area contributed by atoms with Gasteiger partial charge in [0.25, 0.3) is 5.56 Å². The summed E-state index contributed by atoms with van der Waals surface area (Å²) in [6.45, 7) is 3.98. The SMILES string of the molecule is Cc1ccc(C(=O)c2c(/N=C/c3c(O)n(-c4ccc(C)cc4)c(=O)c4ccccc34)sc3c2CCCC3)cc1. The summed E-state index contributed by atoms with van der Waals surface area (Å²) in [5.74, 6) is -0.209. The van der Waals surface area contributed by atoms with Crippen LogP contribution in [-0.2, 0) is 12.8 Å². The van der Waals surface area contributed by atoms with Crippen LogP contribution in [0, 0.1) is 13.8 Å². The third-order valence-corrected chi connectivity index (χ3v) is 8.60. The lowest BCUT2D eigenvalue weighted by Gasteiger charge is -2.14. The normalized spacial score (nSPS) is 13.2. The van der Waals surface area contributed by atoms with Gasteiger partial charge in [0.1, 0.15) is 5.00 Å². The molecule has 6 rings (SSSR count). The molecule has 0 atom stereocenters. The van der Waals surface area contributed by atoms with Crippen LogP contribution in [0.1, 0.15) is 55.9 Å². The van der Waals surface area contributed by atoms with Crippen molar-refractivity contribution in [3.8, 4) is 11.6 Å². The fourth-order valence-corrected chi connectivity index (χ4v) is 6.50. The van der Waals surface area contributed by atoms with Gasteiger partial charge in [0.2, 0.25) is 5.88 Å². The summed E-state index contributed by atoms with van der Waals surface area (Å²) >= 11 is 1.56. The molecule has 3 aromatic carbocycles. The van der Waals surface area contributed by atoms with Crippen LogP contribution >= 0.6 is 11.3 Å². The number of rotatable bonds is 5. The minimum Gasteiger partial charge on any atom is -0.494 e. The van der Waals surface area contributed by atoms with E-state index in [-0.39, 0.29) is 17.2 Å². The number of aryl methyl sites for hydroxylation is 3. The van der Waals surface area contributed by atoms with Gasteiger partial charge in [-0.15, -0.1) is 11.3 Å². The first-order valence-electron chi connectivity index (χ1n) is 13.2. The summed E-state index contributed by atoms with van der Waals surface area (Å²) in [5.41, 5.74) is 5.27. The number of nitrogens with zero attached hydrogens (tertiary/aromatic N) is 2. The minimum atomic E-state index is -0.300. The van der Waals surface area contributed by atoms with E-state index in [1.165, 1.54) is 9.44 Å². The zero-order valence-corrected chi connectivity index (χ0v) is 22.7. The Hall–Kier alpha value is -4.29. The molecule has 1 aliphatic rings. The number of aromatic nitrogens is 1. The molecule has 194 valence electrons. The highest BCUT2D eigenvalue weighted by Gasteiger charge is 2.26. The van der Waals surface area contributed by atoms with E-state index >= 15 is 0 Å². The number of hydrogen-bond donors (Lipinski definition) is 1. The second-order valence-electron chi connectivity index (χ2n) is 10.1. The summed E-state index contributed by atoms with van der Waals surface area (Å²) in [7, 11) is 0. The molecule has 0 bridgehead atoms. The number of thiophene rings is 1. The molecule has 5 aromatic rings. The average Bonchev–Trinajstić information content (AvgIpc) is 3.32. The Kier molecular flexibility index (Phi) is 6.49. The number of carbonyl (C=O) groups excluding carboxylic acids is 1. The van der Waals surface area contributed by atoms with Crippen molar-refractivity contribution in [1.29, 1.82) is 0 Å². The monoisotopic (exact) mass is 532 g/mol. The second-order valence-corrected chi connectivity index (χ2v) is 11.2. The fraction of sp³-hybridized carbons (Fsp3) is 0.182. The molecule has 1 aliphatic carbocycles. The molecule has 2 heterocycles. The molecule has 0 radical (unpaired) electrons. The molecule has 0 amide bonds. The van der Waals surface area contributed by atoms with Crippen molar-refractivity contribution >= 4 is 39.1 Å². The van der Waals surface area contributed by atoms with Crippen molar-refractivity contribution in [2.75, 3.05) is 0 Å². The molecule has 39 heavy (non-hydrogen) atoms. The van der Waals surface area contributed by atoms with Crippen LogP contribution in [0.3, 0.4) is 0 Å². The number of ketones is 1. The zero-order chi connectivity index (χ0) is 27.1. The molecule has 0 aliphatic heterocycles. The maximum absolute atomic E-state index is 13.8. The van der Waals surface area contributed by atoms with Crippen LogP contribution in [0.25, 0.3) is 16.5 Å². The van der Waals surface area contributed by atoms with Crippen molar-refractivity contribution in [2.24, 2.45) is 4.99 Å². The number of benzene rings is 3. The van der Waals surface area contributed by atoms with Gasteiger partial charge in [-0.05, 0) is 63.3 Å². The van der Waals surface area contributed by atoms with Crippen LogP contribution in [0.2, 0.25) is 0 Å². The van der Waals surface area contributed by atoms with Gasteiger partial charge in [-0.2, -0.15) is 0 Å². The van der Waals surface area contributed by atoms with Crippen LogP contribution in [-0.4, -0.2) is 21.7 Å². The molecule has 0 spiro atoms. The second kappa shape index (κ2) is 10.1.